The van der Waals surface area contributed by atoms with Crippen LogP contribution in [-0.2, 0) is 4.79 Å². The van der Waals surface area contributed by atoms with Crippen molar-refractivity contribution < 1.29 is 9.90 Å². The highest BCUT2D eigenvalue weighted by molar-refractivity contribution is 9.11. The molecule has 5 rings (SSSR count). The maximum atomic E-state index is 14.1. The van der Waals surface area contributed by atoms with Crippen LogP contribution in [0, 0.1) is 0 Å². The number of hydrogen-bond acceptors (Lipinski definition) is 5. The van der Waals surface area contributed by atoms with Crippen molar-refractivity contribution in [2.24, 2.45) is 0 Å². The van der Waals surface area contributed by atoms with E-state index in [1.807, 2.05) is 11.0 Å². The first-order chi connectivity index (χ1) is 20.4. The van der Waals surface area contributed by atoms with Gasteiger partial charge in [0.05, 0.1) is 18.8 Å². The first-order valence-corrected chi connectivity index (χ1v) is 18.9. The van der Waals surface area contributed by atoms with Gasteiger partial charge in [-0.1, -0.05) is 78.1 Å². The minimum absolute atomic E-state index is 0.0972. The fourth-order valence-corrected chi connectivity index (χ4v) is 9.12. The summed E-state index contributed by atoms with van der Waals surface area (Å²) in [5.41, 5.74) is 3.76. The average molecular weight is 735 g/mol. The Morgan fingerprint density at radius 1 is 0.714 bits per heavy atom. The van der Waals surface area contributed by atoms with Crippen LogP contribution in [0.2, 0.25) is 0 Å². The van der Waals surface area contributed by atoms with Crippen molar-refractivity contribution in [1.29, 1.82) is 0 Å². The molecule has 0 radical (unpaired) electrons. The smallest absolute Gasteiger partial charge is 0.260 e. The van der Waals surface area contributed by atoms with Gasteiger partial charge in [0.25, 0.3) is 5.91 Å². The van der Waals surface area contributed by atoms with E-state index in [0.29, 0.717) is 0 Å². The number of hydrogen-bond donors (Lipinski definition) is 1. The van der Waals surface area contributed by atoms with Crippen LogP contribution in [0.3, 0.4) is 0 Å². The Bertz CT molecular complexity index is 1510. The fourth-order valence-electron chi connectivity index (χ4n) is 6.22. The van der Waals surface area contributed by atoms with E-state index in [1.54, 1.807) is 22.7 Å². The number of amides is 1. The number of nitrogens with zero attached hydrogens (tertiary/aromatic N) is 2. The van der Waals surface area contributed by atoms with Crippen molar-refractivity contribution >= 4 is 83.0 Å². The van der Waals surface area contributed by atoms with Gasteiger partial charge in [-0.2, -0.15) is 0 Å². The van der Waals surface area contributed by atoms with Crippen LogP contribution < -0.4 is 20.2 Å². The minimum Gasteiger partial charge on any atom is -0.369 e. The van der Waals surface area contributed by atoms with Gasteiger partial charge < -0.3 is 14.9 Å². The Balaban J connectivity index is 1.55. The van der Waals surface area contributed by atoms with Crippen LogP contribution in [0.5, 0.6) is 0 Å². The molecular weight excluding hydrogens is 692 g/mol. The van der Waals surface area contributed by atoms with Gasteiger partial charge >= 0.3 is 0 Å². The van der Waals surface area contributed by atoms with Crippen molar-refractivity contribution in [3.63, 3.8) is 0 Å². The van der Waals surface area contributed by atoms with Crippen LogP contribution in [-0.4, -0.2) is 30.3 Å². The molecule has 226 valence electrons. The van der Waals surface area contributed by atoms with Crippen LogP contribution in [0.25, 0.3) is 11.1 Å². The summed E-state index contributed by atoms with van der Waals surface area (Å²) in [4.78, 5) is 20.3. The number of rotatable bonds is 16. The van der Waals surface area contributed by atoms with E-state index in [-0.39, 0.29) is 5.91 Å². The summed E-state index contributed by atoms with van der Waals surface area (Å²) in [5, 5.41) is 13.8. The molecule has 0 bridgehead atoms. The summed E-state index contributed by atoms with van der Waals surface area (Å²) < 4.78 is 2.07. The molecular formula is C34H42Br2N2O2S2. The summed E-state index contributed by atoms with van der Waals surface area (Å²) in [6.07, 6.45) is 13.6. The Hall–Kier alpha value is -1.45. The molecule has 1 N–H and O–H groups in total. The Kier molecular flexibility index (Phi) is 11.4. The zero-order chi connectivity index (χ0) is 29.6. The van der Waals surface area contributed by atoms with Crippen molar-refractivity contribution in [3.05, 3.63) is 64.2 Å². The molecule has 0 aliphatic carbocycles. The molecule has 0 fully saturated rings. The number of unbranched alkanes of at least 4 members (excludes halogenated alkanes) is 10. The fraction of sp³-hybridized carbons (Fsp3) is 0.500. The standard InChI is InChI=1S/C34H42Br2N2O2S2/c1-3-5-7-9-11-13-19-37-25-21-24-26(22-23(25)31(33(37)39)27-15-17-29(35)41-27)38(20-14-12-10-8-6-4-2)34(40)32(24)28-16-18-30(36)42-28/h15-18,21-22,33,39H,3-14,19-20H2,1-2H3. The molecule has 4 heterocycles. The second-order valence-electron chi connectivity index (χ2n) is 11.4. The number of carbonyl (C=O) groups excluding carboxylic acids is 1. The lowest BCUT2D eigenvalue weighted by Gasteiger charge is -2.26. The first-order valence-electron chi connectivity index (χ1n) is 15.6. The van der Waals surface area contributed by atoms with Crippen molar-refractivity contribution in [3.8, 4) is 0 Å². The van der Waals surface area contributed by atoms with E-state index in [1.165, 1.54) is 51.4 Å². The maximum absolute atomic E-state index is 14.1. The van der Waals surface area contributed by atoms with E-state index >= 15 is 0 Å². The molecule has 2 aliphatic heterocycles. The monoisotopic (exact) mass is 732 g/mol. The molecule has 2 aromatic heterocycles. The van der Waals surface area contributed by atoms with Gasteiger partial charge in [-0.3, -0.25) is 4.79 Å². The van der Waals surface area contributed by atoms with Crippen LogP contribution in [0.4, 0.5) is 11.4 Å². The number of aliphatic hydroxyl groups is 1. The lowest BCUT2D eigenvalue weighted by atomic mass is 10.1. The van der Waals surface area contributed by atoms with E-state index in [4.69, 9.17) is 0 Å². The molecule has 8 heteroatoms. The molecule has 1 atom stereocenters. The highest BCUT2D eigenvalue weighted by Gasteiger charge is 2.36. The van der Waals surface area contributed by atoms with Gasteiger partial charge in [-0.15, -0.1) is 22.7 Å². The SMILES string of the molecule is CCCCCCCCN1C(=O)C(c2ccc(Br)s2)=c2cc3c(cc21)=C(c1ccc(Br)s1)C(O)N3CCCCCCCC. The second kappa shape index (κ2) is 15.0. The molecule has 2 aliphatic rings. The summed E-state index contributed by atoms with van der Waals surface area (Å²) in [5.74, 6) is 0.0972. The van der Waals surface area contributed by atoms with Crippen molar-refractivity contribution in [2.45, 2.75) is 97.1 Å². The summed E-state index contributed by atoms with van der Waals surface area (Å²) in [7, 11) is 0. The van der Waals surface area contributed by atoms with Crippen LogP contribution >= 0.6 is 54.5 Å². The van der Waals surface area contributed by atoms with Gasteiger partial charge in [0, 0.05) is 44.5 Å². The Morgan fingerprint density at radius 3 is 1.86 bits per heavy atom. The zero-order valence-electron chi connectivity index (χ0n) is 24.8. The van der Waals surface area contributed by atoms with Gasteiger partial charge in [-0.05, 0) is 81.1 Å². The number of benzene rings is 1. The summed E-state index contributed by atoms with van der Waals surface area (Å²) in [6.45, 7) is 6.00. The quantitative estimate of drug-likeness (QED) is 0.150. The molecule has 42 heavy (non-hydrogen) atoms. The predicted molar refractivity (Wildman–Crippen MR) is 187 cm³/mol. The van der Waals surface area contributed by atoms with Gasteiger partial charge in [0.15, 0.2) is 6.23 Å². The van der Waals surface area contributed by atoms with Crippen LogP contribution in [0.15, 0.2) is 44.0 Å². The molecule has 1 unspecified atom stereocenters. The van der Waals surface area contributed by atoms with Crippen molar-refractivity contribution in [1.82, 2.24) is 0 Å². The normalized spacial score (nSPS) is 16.2. The van der Waals surface area contributed by atoms with Crippen LogP contribution in [0.1, 0.15) is 101 Å². The van der Waals surface area contributed by atoms with E-state index < -0.39 is 6.23 Å². The van der Waals surface area contributed by atoms with E-state index in [2.05, 4.69) is 80.9 Å². The third-order valence-electron chi connectivity index (χ3n) is 8.43. The number of aliphatic hydroxyl groups excluding tert-OH is 1. The number of carbonyl (C=O) groups is 1. The molecule has 1 amide bonds. The zero-order valence-corrected chi connectivity index (χ0v) is 29.6. The minimum atomic E-state index is -0.703. The summed E-state index contributed by atoms with van der Waals surface area (Å²) in [6, 6.07) is 12.6. The number of halogens is 2. The number of fused-ring (bicyclic) bond motifs is 2. The Labute approximate surface area is 275 Å². The second-order valence-corrected chi connectivity index (χ2v) is 16.4. The molecule has 1 aromatic carbocycles. The van der Waals surface area contributed by atoms with Gasteiger partial charge in [-0.25, -0.2) is 0 Å². The van der Waals surface area contributed by atoms with Crippen molar-refractivity contribution in [2.75, 3.05) is 22.9 Å². The summed E-state index contributed by atoms with van der Waals surface area (Å²) >= 11 is 10.5. The predicted octanol–water partition coefficient (Wildman–Crippen LogP) is 8.94. The lowest BCUT2D eigenvalue weighted by Crippen LogP contribution is -2.34. The average Bonchev–Trinajstić information content (AvgIpc) is 3.72. The first kappa shape index (κ1) is 32.0. The maximum Gasteiger partial charge on any atom is 0.260 e. The molecule has 0 spiro atoms. The molecule has 4 nitrogen and oxygen atoms in total. The third kappa shape index (κ3) is 6.93. The number of anilines is 2. The molecule has 0 saturated heterocycles. The van der Waals surface area contributed by atoms with Gasteiger partial charge in [0.1, 0.15) is 0 Å². The highest BCUT2D eigenvalue weighted by atomic mass is 79.9. The molecule has 3 aromatic rings. The number of thiophene rings is 2. The van der Waals surface area contributed by atoms with Gasteiger partial charge in [0.2, 0.25) is 0 Å². The van der Waals surface area contributed by atoms with E-state index in [9.17, 15) is 9.90 Å². The highest BCUT2D eigenvalue weighted by Crippen LogP contribution is 2.37. The topological polar surface area (TPSA) is 43.8 Å². The molecule has 0 saturated carbocycles. The third-order valence-corrected chi connectivity index (χ3v) is 11.7. The lowest BCUT2D eigenvalue weighted by molar-refractivity contribution is -0.113. The largest absolute Gasteiger partial charge is 0.369 e. The Morgan fingerprint density at radius 2 is 1.26 bits per heavy atom. The van der Waals surface area contributed by atoms with E-state index in [0.717, 1.165) is 89.1 Å².